The van der Waals surface area contributed by atoms with Crippen molar-refractivity contribution in [1.82, 2.24) is 0 Å². The van der Waals surface area contributed by atoms with E-state index in [0.717, 1.165) is 36.9 Å². The molecule has 0 radical (unpaired) electrons. The molecule has 0 saturated heterocycles. The Bertz CT molecular complexity index is 540. The van der Waals surface area contributed by atoms with Crippen LogP contribution in [0.1, 0.15) is 35.8 Å². The third kappa shape index (κ3) is 4.68. The molecule has 0 spiro atoms. The van der Waals surface area contributed by atoms with Crippen LogP contribution in [0.25, 0.3) is 0 Å². The average Bonchev–Trinajstić information content (AvgIpc) is 3.54. The molecule has 0 N–H and O–H groups in total. The van der Waals surface area contributed by atoms with Crippen molar-refractivity contribution in [2.75, 3.05) is 27.4 Å². The highest BCUT2D eigenvalue weighted by molar-refractivity contribution is 5.26. The summed E-state index contributed by atoms with van der Waals surface area (Å²) in [6.07, 6.45) is 2.61. The molecule has 2 fully saturated rings. The molecule has 0 aliphatic heterocycles. The van der Waals surface area contributed by atoms with Gasteiger partial charge in [0.1, 0.15) is 0 Å². The molecule has 4 atom stereocenters. The first kappa shape index (κ1) is 17.2. The van der Waals surface area contributed by atoms with Crippen LogP contribution in [0.4, 0.5) is 0 Å². The van der Waals surface area contributed by atoms with Crippen molar-refractivity contribution < 1.29 is 9.47 Å². The predicted octanol–water partition coefficient (Wildman–Crippen LogP) is 4.87. The lowest BCUT2D eigenvalue weighted by Crippen LogP contribution is -1.92. The third-order valence-corrected chi connectivity index (χ3v) is 5.06. The molecular formula is C22H28O2. The lowest BCUT2D eigenvalue weighted by Gasteiger charge is -1.98. The molecule has 2 aromatic rings. The van der Waals surface area contributed by atoms with Crippen molar-refractivity contribution >= 4 is 0 Å². The van der Waals surface area contributed by atoms with E-state index in [0.29, 0.717) is 0 Å². The van der Waals surface area contributed by atoms with Crippen LogP contribution in [0, 0.1) is 11.8 Å². The van der Waals surface area contributed by atoms with E-state index in [1.165, 1.54) is 24.0 Å². The highest BCUT2D eigenvalue weighted by Crippen LogP contribution is 2.47. The summed E-state index contributed by atoms with van der Waals surface area (Å²) < 4.78 is 10.2. The predicted molar refractivity (Wildman–Crippen MR) is 98.3 cm³/mol. The van der Waals surface area contributed by atoms with E-state index in [2.05, 4.69) is 60.7 Å². The summed E-state index contributed by atoms with van der Waals surface area (Å²) in [6.45, 7) is 1.83. The standard InChI is InChI=1S/2C11H14O/c2*1-12-8-10-7-11(10)9-5-3-2-4-6-9/h2*2-6,10-11H,7-8H2,1H3/t2*10-,11+/m10/s1. The van der Waals surface area contributed by atoms with Crippen LogP contribution in [0.3, 0.4) is 0 Å². The van der Waals surface area contributed by atoms with E-state index in [4.69, 9.17) is 9.47 Å². The first-order valence-electron chi connectivity index (χ1n) is 8.91. The van der Waals surface area contributed by atoms with Gasteiger partial charge in [0.15, 0.2) is 0 Å². The van der Waals surface area contributed by atoms with Gasteiger partial charge in [-0.2, -0.15) is 0 Å². The molecule has 2 saturated carbocycles. The van der Waals surface area contributed by atoms with Crippen LogP contribution in [0.5, 0.6) is 0 Å². The van der Waals surface area contributed by atoms with Crippen molar-refractivity contribution in [1.29, 1.82) is 0 Å². The Morgan fingerprint density at radius 1 is 0.667 bits per heavy atom. The van der Waals surface area contributed by atoms with E-state index in [1.54, 1.807) is 14.2 Å². The minimum atomic E-state index is 0.770. The fraction of sp³-hybridized carbons (Fsp3) is 0.455. The van der Waals surface area contributed by atoms with Gasteiger partial charge in [-0.1, -0.05) is 60.7 Å². The second-order valence-corrected chi connectivity index (χ2v) is 6.94. The molecule has 2 aliphatic carbocycles. The van der Waals surface area contributed by atoms with Crippen LogP contribution < -0.4 is 0 Å². The van der Waals surface area contributed by atoms with Gasteiger partial charge in [-0.05, 0) is 47.6 Å². The molecule has 2 nitrogen and oxygen atoms in total. The first-order chi connectivity index (χ1) is 11.8. The second-order valence-electron chi connectivity index (χ2n) is 6.94. The lowest BCUT2D eigenvalue weighted by molar-refractivity contribution is 0.184. The Hall–Kier alpha value is -1.64. The van der Waals surface area contributed by atoms with Gasteiger partial charge in [0.05, 0.1) is 0 Å². The largest absolute Gasteiger partial charge is 0.384 e. The van der Waals surface area contributed by atoms with Gasteiger partial charge < -0.3 is 9.47 Å². The number of methoxy groups -OCH3 is 2. The van der Waals surface area contributed by atoms with E-state index in [-0.39, 0.29) is 0 Å². The average molecular weight is 324 g/mol. The van der Waals surface area contributed by atoms with Crippen molar-refractivity contribution in [2.45, 2.75) is 24.7 Å². The molecule has 0 unspecified atom stereocenters. The Kier molecular flexibility index (Phi) is 6.06. The van der Waals surface area contributed by atoms with E-state index < -0.39 is 0 Å². The smallest absolute Gasteiger partial charge is 0.0496 e. The van der Waals surface area contributed by atoms with Gasteiger partial charge in [-0.3, -0.25) is 0 Å². The summed E-state index contributed by atoms with van der Waals surface area (Å²) >= 11 is 0. The summed E-state index contributed by atoms with van der Waals surface area (Å²) in [5.74, 6) is 3.09. The quantitative estimate of drug-likeness (QED) is 0.754. The van der Waals surface area contributed by atoms with Crippen molar-refractivity contribution in [2.24, 2.45) is 11.8 Å². The zero-order valence-electron chi connectivity index (χ0n) is 14.7. The Labute approximate surface area is 145 Å². The summed E-state index contributed by atoms with van der Waals surface area (Å²) in [7, 11) is 3.56. The Morgan fingerprint density at radius 2 is 1.04 bits per heavy atom. The summed E-state index contributed by atoms with van der Waals surface area (Å²) in [5.41, 5.74) is 2.94. The monoisotopic (exact) mass is 324 g/mol. The summed E-state index contributed by atoms with van der Waals surface area (Å²) in [6, 6.07) is 21.4. The maximum Gasteiger partial charge on any atom is 0.0496 e. The molecule has 2 aliphatic rings. The molecule has 0 amide bonds. The van der Waals surface area contributed by atoms with Gasteiger partial charge in [0, 0.05) is 27.4 Å². The van der Waals surface area contributed by atoms with E-state index in [9.17, 15) is 0 Å². The van der Waals surface area contributed by atoms with Crippen molar-refractivity contribution in [3.8, 4) is 0 Å². The molecular weight excluding hydrogens is 296 g/mol. The maximum atomic E-state index is 5.12. The van der Waals surface area contributed by atoms with Gasteiger partial charge >= 0.3 is 0 Å². The SMILES string of the molecule is COC[C@@H]1C[C@@H]1c1ccccc1.COC[C@H]1C[C@H]1c1ccccc1. The number of hydrogen-bond acceptors (Lipinski definition) is 2. The number of hydrogen-bond donors (Lipinski definition) is 0. The Morgan fingerprint density at radius 3 is 1.38 bits per heavy atom. The highest BCUT2D eigenvalue weighted by Gasteiger charge is 2.38. The van der Waals surface area contributed by atoms with E-state index in [1.807, 2.05) is 0 Å². The molecule has 0 heterocycles. The summed E-state index contributed by atoms with van der Waals surface area (Å²) in [4.78, 5) is 0. The van der Waals surface area contributed by atoms with Crippen LogP contribution in [-0.2, 0) is 9.47 Å². The molecule has 128 valence electrons. The van der Waals surface area contributed by atoms with Crippen LogP contribution in [0.15, 0.2) is 60.7 Å². The van der Waals surface area contributed by atoms with Gasteiger partial charge in [-0.15, -0.1) is 0 Å². The van der Waals surface area contributed by atoms with E-state index >= 15 is 0 Å². The van der Waals surface area contributed by atoms with Gasteiger partial charge in [0.25, 0.3) is 0 Å². The number of ether oxygens (including phenoxy) is 2. The zero-order chi connectivity index (χ0) is 16.8. The molecule has 0 aromatic heterocycles. The molecule has 0 bridgehead atoms. The zero-order valence-corrected chi connectivity index (χ0v) is 14.7. The molecule has 2 heteroatoms. The van der Waals surface area contributed by atoms with Gasteiger partial charge in [0.2, 0.25) is 0 Å². The summed E-state index contributed by atoms with van der Waals surface area (Å²) in [5, 5.41) is 0. The topological polar surface area (TPSA) is 18.5 Å². The van der Waals surface area contributed by atoms with Gasteiger partial charge in [-0.25, -0.2) is 0 Å². The molecule has 4 rings (SSSR count). The minimum Gasteiger partial charge on any atom is -0.384 e. The van der Waals surface area contributed by atoms with Crippen LogP contribution in [-0.4, -0.2) is 27.4 Å². The number of rotatable bonds is 6. The van der Waals surface area contributed by atoms with Crippen LogP contribution >= 0.6 is 0 Å². The highest BCUT2D eigenvalue weighted by atomic mass is 16.5. The first-order valence-corrected chi connectivity index (χ1v) is 8.91. The van der Waals surface area contributed by atoms with Crippen molar-refractivity contribution in [3.05, 3.63) is 71.8 Å². The lowest BCUT2D eigenvalue weighted by atomic mass is 10.1. The maximum absolute atomic E-state index is 5.12. The minimum absolute atomic E-state index is 0.770. The molecule has 2 aromatic carbocycles. The fourth-order valence-electron chi connectivity index (χ4n) is 3.51. The van der Waals surface area contributed by atoms with Crippen molar-refractivity contribution in [3.63, 3.8) is 0 Å². The number of benzene rings is 2. The third-order valence-electron chi connectivity index (χ3n) is 5.06. The Balaban J connectivity index is 0.000000141. The second kappa shape index (κ2) is 8.46. The fourth-order valence-corrected chi connectivity index (χ4v) is 3.51. The molecule has 24 heavy (non-hydrogen) atoms. The van der Waals surface area contributed by atoms with Crippen LogP contribution in [0.2, 0.25) is 0 Å². The normalized spacial score (nSPS) is 27.1.